The molecule has 1 aromatic heterocycles. The predicted octanol–water partition coefficient (Wildman–Crippen LogP) is 0.308. The second-order valence-corrected chi connectivity index (χ2v) is 7.62. The number of likely N-dealkylation sites (tertiary alicyclic amines) is 1. The lowest BCUT2D eigenvalue weighted by Crippen LogP contribution is -2.41. The highest BCUT2D eigenvalue weighted by Gasteiger charge is 2.35. The quantitative estimate of drug-likeness (QED) is 0.863. The molecular weight excluding hydrogens is 290 g/mol. The fraction of sp³-hybridized carbons (Fsp3) is 0.692. The topological polar surface area (TPSA) is 92.4 Å². The van der Waals surface area contributed by atoms with Gasteiger partial charge in [0.15, 0.2) is 0 Å². The van der Waals surface area contributed by atoms with Crippen LogP contribution in [-0.4, -0.2) is 59.8 Å². The van der Waals surface area contributed by atoms with Gasteiger partial charge in [-0.25, -0.2) is 18.4 Å². The number of sulfonamides is 1. The second-order valence-electron chi connectivity index (χ2n) is 5.68. The Labute approximate surface area is 125 Å². The number of piperidine rings is 1. The van der Waals surface area contributed by atoms with Gasteiger partial charge >= 0.3 is 0 Å². The second kappa shape index (κ2) is 5.86. The minimum Gasteiger partial charge on any atom is -0.368 e. The Morgan fingerprint density at radius 2 is 1.76 bits per heavy atom. The van der Waals surface area contributed by atoms with Crippen molar-refractivity contribution in [3.8, 4) is 0 Å². The van der Waals surface area contributed by atoms with E-state index < -0.39 is 10.0 Å². The van der Waals surface area contributed by atoms with Crippen LogP contribution in [0.2, 0.25) is 0 Å². The van der Waals surface area contributed by atoms with Crippen LogP contribution in [0.4, 0.5) is 5.95 Å². The maximum absolute atomic E-state index is 12.6. The maximum Gasteiger partial charge on any atom is 0.246 e. The number of rotatable bonds is 3. The highest BCUT2D eigenvalue weighted by molar-refractivity contribution is 7.89. The van der Waals surface area contributed by atoms with E-state index in [2.05, 4.69) is 14.9 Å². The normalized spacial score (nSPS) is 25.2. The minimum atomic E-state index is -3.50. The Kier molecular flexibility index (Phi) is 4.10. The summed E-state index contributed by atoms with van der Waals surface area (Å²) in [5.41, 5.74) is 5.41. The molecule has 0 bridgehead atoms. The van der Waals surface area contributed by atoms with Gasteiger partial charge in [-0.15, -0.1) is 0 Å². The molecule has 2 N–H and O–H groups in total. The average Bonchev–Trinajstić information content (AvgIpc) is 2.99. The molecule has 3 rings (SSSR count). The van der Waals surface area contributed by atoms with E-state index in [1.807, 2.05) is 0 Å². The first kappa shape index (κ1) is 14.7. The van der Waals surface area contributed by atoms with Crippen molar-refractivity contribution in [3.63, 3.8) is 0 Å². The third-order valence-electron chi connectivity index (χ3n) is 4.32. The van der Waals surface area contributed by atoms with Crippen molar-refractivity contribution in [2.24, 2.45) is 0 Å². The van der Waals surface area contributed by atoms with Crippen molar-refractivity contribution in [1.82, 2.24) is 19.2 Å². The Hall–Kier alpha value is -1.25. The molecule has 21 heavy (non-hydrogen) atoms. The van der Waals surface area contributed by atoms with Crippen LogP contribution in [0.3, 0.4) is 0 Å². The van der Waals surface area contributed by atoms with Crippen molar-refractivity contribution in [1.29, 1.82) is 0 Å². The molecule has 1 unspecified atom stereocenters. The summed E-state index contributed by atoms with van der Waals surface area (Å²) in [6, 6.07) is 0.342. The van der Waals surface area contributed by atoms with Crippen LogP contribution in [0.25, 0.3) is 0 Å². The fourth-order valence-electron chi connectivity index (χ4n) is 3.12. The summed E-state index contributed by atoms with van der Waals surface area (Å²) < 4.78 is 26.7. The van der Waals surface area contributed by atoms with E-state index in [1.54, 1.807) is 4.31 Å². The van der Waals surface area contributed by atoms with Crippen molar-refractivity contribution in [3.05, 3.63) is 12.4 Å². The molecule has 7 nitrogen and oxygen atoms in total. The molecule has 0 aliphatic carbocycles. The van der Waals surface area contributed by atoms with Crippen molar-refractivity contribution in [2.75, 3.05) is 31.9 Å². The van der Waals surface area contributed by atoms with Crippen LogP contribution in [0.1, 0.15) is 25.7 Å². The molecule has 2 saturated heterocycles. The molecule has 2 aliphatic heterocycles. The lowest BCUT2D eigenvalue weighted by Gasteiger charge is -2.32. The summed E-state index contributed by atoms with van der Waals surface area (Å²) in [5, 5.41) is 0. The molecule has 0 radical (unpaired) electrons. The Morgan fingerprint density at radius 3 is 2.43 bits per heavy atom. The van der Waals surface area contributed by atoms with Crippen LogP contribution in [0.5, 0.6) is 0 Å². The highest BCUT2D eigenvalue weighted by Crippen LogP contribution is 2.25. The molecule has 0 amide bonds. The number of hydrogen-bond donors (Lipinski definition) is 1. The van der Waals surface area contributed by atoms with E-state index in [9.17, 15) is 8.42 Å². The van der Waals surface area contributed by atoms with Crippen molar-refractivity contribution >= 4 is 16.0 Å². The van der Waals surface area contributed by atoms with Gasteiger partial charge in [0.2, 0.25) is 16.0 Å². The summed E-state index contributed by atoms with van der Waals surface area (Å²) in [7, 11) is -3.50. The first-order valence-corrected chi connectivity index (χ1v) is 8.83. The number of aromatic nitrogens is 2. The summed E-state index contributed by atoms with van der Waals surface area (Å²) in [5.74, 6) is 0.0848. The van der Waals surface area contributed by atoms with Crippen molar-refractivity contribution in [2.45, 2.75) is 36.6 Å². The zero-order valence-electron chi connectivity index (χ0n) is 12.0. The van der Waals surface area contributed by atoms with Gasteiger partial charge < -0.3 is 5.73 Å². The van der Waals surface area contributed by atoms with Gasteiger partial charge in [0, 0.05) is 19.1 Å². The average molecular weight is 311 g/mol. The molecule has 2 aliphatic rings. The van der Waals surface area contributed by atoms with Gasteiger partial charge in [-0.1, -0.05) is 6.42 Å². The molecule has 3 heterocycles. The molecule has 1 atom stereocenters. The number of anilines is 1. The van der Waals surface area contributed by atoms with E-state index in [1.165, 1.54) is 31.7 Å². The van der Waals surface area contributed by atoms with E-state index in [0.717, 1.165) is 19.5 Å². The van der Waals surface area contributed by atoms with Gasteiger partial charge in [0.25, 0.3) is 0 Å². The summed E-state index contributed by atoms with van der Waals surface area (Å²) >= 11 is 0. The molecule has 0 saturated carbocycles. The van der Waals surface area contributed by atoms with E-state index in [-0.39, 0.29) is 10.8 Å². The number of nitrogens with two attached hydrogens (primary N) is 1. The molecule has 0 spiro atoms. The first-order valence-electron chi connectivity index (χ1n) is 7.39. The third kappa shape index (κ3) is 3.02. The number of nitrogen functional groups attached to an aromatic ring is 1. The zero-order chi connectivity index (χ0) is 14.9. The van der Waals surface area contributed by atoms with E-state index in [0.29, 0.717) is 19.1 Å². The lowest BCUT2D eigenvalue weighted by molar-refractivity contribution is 0.169. The predicted molar refractivity (Wildman–Crippen MR) is 79.0 cm³/mol. The number of nitrogens with zero attached hydrogens (tertiary/aromatic N) is 4. The van der Waals surface area contributed by atoms with Gasteiger partial charge in [0.1, 0.15) is 4.90 Å². The SMILES string of the molecule is Nc1ncc(S(=O)(=O)N2CCC(N3CCCCC3)C2)cn1. The number of hydrogen-bond acceptors (Lipinski definition) is 6. The summed E-state index contributed by atoms with van der Waals surface area (Å²) in [6.07, 6.45) is 7.19. The highest BCUT2D eigenvalue weighted by atomic mass is 32.2. The largest absolute Gasteiger partial charge is 0.368 e. The minimum absolute atomic E-state index is 0.0848. The molecule has 1 aromatic rings. The fourth-order valence-corrected chi connectivity index (χ4v) is 4.50. The Balaban J connectivity index is 1.71. The van der Waals surface area contributed by atoms with Gasteiger partial charge in [-0.3, -0.25) is 4.90 Å². The first-order chi connectivity index (χ1) is 10.1. The van der Waals surface area contributed by atoms with E-state index in [4.69, 9.17) is 5.73 Å². The molecular formula is C13H21N5O2S. The molecule has 8 heteroatoms. The lowest BCUT2D eigenvalue weighted by atomic mass is 10.1. The maximum atomic E-state index is 12.6. The monoisotopic (exact) mass is 311 g/mol. The van der Waals surface area contributed by atoms with Crippen LogP contribution in [0, 0.1) is 0 Å². The van der Waals surface area contributed by atoms with Gasteiger partial charge in [0.05, 0.1) is 12.4 Å². The molecule has 2 fully saturated rings. The third-order valence-corrected chi connectivity index (χ3v) is 6.14. The summed E-state index contributed by atoms with van der Waals surface area (Å²) in [6.45, 7) is 3.30. The molecule has 0 aromatic carbocycles. The standard InChI is InChI=1S/C13H21N5O2S/c14-13-15-8-12(9-16-13)21(19,20)18-7-4-11(10-18)17-5-2-1-3-6-17/h8-9,11H,1-7,10H2,(H2,14,15,16). The van der Waals surface area contributed by atoms with E-state index >= 15 is 0 Å². The Bertz CT molecular complexity index is 583. The van der Waals surface area contributed by atoms with Gasteiger partial charge in [-0.05, 0) is 32.4 Å². The van der Waals surface area contributed by atoms with Crippen LogP contribution in [0.15, 0.2) is 17.3 Å². The smallest absolute Gasteiger partial charge is 0.246 e. The van der Waals surface area contributed by atoms with Crippen LogP contribution < -0.4 is 5.73 Å². The van der Waals surface area contributed by atoms with Crippen LogP contribution >= 0.6 is 0 Å². The van der Waals surface area contributed by atoms with Crippen molar-refractivity contribution < 1.29 is 8.42 Å². The Morgan fingerprint density at radius 1 is 1.10 bits per heavy atom. The van der Waals surface area contributed by atoms with Gasteiger partial charge in [-0.2, -0.15) is 4.31 Å². The molecule has 116 valence electrons. The van der Waals surface area contributed by atoms with Crippen LogP contribution in [-0.2, 0) is 10.0 Å². The summed E-state index contributed by atoms with van der Waals surface area (Å²) in [4.78, 5) is 10.1. The zero-order valence-corrected chi connectivity index (χ0v) is 12.8.